The molecular weight excluding hydrogens is 478 g/mol. The average Bonchev–Trinajstić information content (AvgIpc) is 3.59. The highest BCUT2D eigenvalue weighted by molar-refractivity contribution is 8.00. The lowest BCUT2D eigenvalue weighted by atomic mass is 9.75. The topological polar surface area (TPSA) is 54.8 Å². The lowest BCUT2D eigenvalue weighted by molar-refractivity contribution is -0.136. The van der Waals surface area contributed by atoms with Crippen LogP contribution in [0.4, 0.5) is 5.69 Å². The first-order chi connectivity index (χ1) is 17.1. The summed E-state index contributed by atoms with van der Waals surface area (Å²) in [6.45, 7) is 8.92. The third-order valence-electron chi connectivity index (χ3n) is 8.73. The van der Waals surface area contributed by atoms with Crippen LogP contribution >= 0.6 is 23.1 Å². The molecule has 6 rings (SSSR count). The van der Waals surface area contributed by atoms with E-state index in [1.807, 2.05) is 16.7 Å². The Labute approximate surface area is 215 Å². The molecule has 1 amide bonds. The van der Waals surface area contributed by atoms with E-state index in [0.29, 0.717) is 37.5 Å². The molecule has 1 aromatic heterocycles. The van der Waals surface area contributed by atoms with Gasteiger partial charge in [0.25, 0.3) is 0 Å². The molecule has 35 heavy (non-hydrogen) atoms. The third-order valence-corrected chi connectivity index (χ3v) is 11.6. The van der Waals surface area contributed by atoms with Gasteiger partial charge in [-0.2, -0.15) is 0 Å². The van der Waals surface area contributed by atoms with Gasteiger partial charge in [-0.05, 0) is 68.6 Å². The Morgan fingerprint density at radius 2 is 1.80 bits per heavy atom. The summed E-state index contributed by atoms with van der Waals surface area (Å²) in [7, 11) is 0. The fourth-order valence-corrected chi connectivity index (χ4v) is 10.1. The van der Waals surface area contributed by atoms with Crippen molar-refractivity contribution in [3.63, 3.8) is 0 Å². The average molecular weight is 514 g/mol. The van der Waals surface area contributed by atoms with Crippen molar-refractivity contribution < 1.29 is 9.53 Å². The van der Waals surface area contributed by atoms with Crippen molar-refractivity contribution in [2.24, 2.45) is 17.8 Å². The number of amides is 1. The molecule has 2 aliphatic heterocycles. The maximum Gasteiger partial charge on any atom is 0.308 e. The van der Waals surface area contributed by atoms with E-state index < -0.39 is 0 Å². The molecule has 6 nitrogen and oxygen atoms in total. The van der Waals surface area contributed by atoms with Crippen LogP contribution in [0.15, 0.2) is 34.1 Å². The third kappa shape index (κ3) is 4.05. The minimum absolute atomic E-state index is 0.0150. The zero-order chi connectivity index (χ0) is 24.1. The van der Waals surface area contributed by atoms with Crippen LogP contribution in [0.25, 0.3) is 0 Å². The summed E-state index contributed by atoms with van der Waals surface area (Å²) in [5.41, 5.74) is 2.59. The number of anilines is 1. The number of fused-ring (bicyclic) bond motifs is 6. The summed E-state index contributed by atoms with van der Waals surface area (Å²) in [4.78, 5) is 31.8. The summed E-state index contributed by atoms with van der Waals surface area (Å²) in [5.74, 6) is 2.37. The minimum atomic E-state index is 0.0150. The van der Waals surface area contributed by atoms with Crippen LogP contribution in [0.5, 0.6) is 0 Å². The monoisotopic (exact) mass is 513 g/mol. The van der Waals surface area contributed by atoms with E-state index in [2.05, 4.69) is 43.0 Å². The van der Waals surface area contributed by atoms with E-state index in [4.69, 9.17) is 4.74 Å². The van der Waals surface area contributed by atoms with E-state index in [1.165, 1.54) is 46.7 Å². The largest absolute Gasteiger partial charge is 0.378 e. The second kappa shape index (κ2) is 9.60. The molecule has 5 atom stereocenters. The number of thiazole rings is 1. The normalized spacial score (nSPS) is 29.2. The first kappa shape index (κ1) is 23.6. The Morgan fingerprint density at radius 1 is 1.09 bits per heavy atom. The standard InChI is InChI=1S/C27H35N3O3S2/c1-3-28(4-2)20-9-7-17(8-10-20)22-23-18-5-6-19(15-18)24(23)34-26-25(22)35-27(32)30(26)16-21(31)29-11-13-33-14-12-29/h7-10,18-19,22-24H,3-6,11-16H2,1-2H3/t18?,19?,22-,23?,24?/m1/s1. The lowest BCUT2D eigenvalue weighted by Crippen LogP contribution is -2.43. The number of rotatable bonds is 6. The molecule has 2 bridgehead atoms. The summed E-state index contributed by atoms with van der Waals surface area (Å²) >= 11 is 3.30. The minimum Gasteiger partial charge on any atom is -0.378 e. The van der Waals surface area contributed by atoms with Gasteiger partial charge in [-0.3, -0.25) is 14.2 Å². The molecule has 3 heterocycles. The van der Waals surface area contributed by atoms with Crippen molar-refractivity contribution in [3.8, 4) is 0 Å². The number of carbonyl (C=O) groups is 1. The number of hydrogen-bond acceptors (Lipinski definition) is 6. The highest BCUT2D eigenvalue weighted by atomic mass is 32.2. The van der Waals surface area contributed by atoms with E-state index in [0.717, 1.165) is 30.0 Å². The number of hydrogen-bond donors (Lipinski definition) is 0. The van der Waals surface area contributed by atoms with E-state index in [1.54, 1.807) is 4.57 Å². The fraction of sp³-hybridized carbons (Fsp3) is 0.630. The van der Waals surface area contributed by atoms with Gasteiger partial charge in [0.2, 0.25) is 5.91 Å². The van der Waals surface area contributed by atoms with Crippen molar-refractivity contribution in [1.29, 1.82) is 0 Å². The van der Waals surface area contributed by atoms with Gasteiger partial charge in [-0.25, -0.2) is 0 Å². The Morgan fingerprint density at radius 3 is 2.51 bits per heavy atom. The molecular formula is C27H35N3O3S2. The zero-order valence-electron chi connectivity index (χ0n) is 20.7. The van der Waals surface area contributed by atoms with Crippen molar-refractivity contribution >= 4 is 34.7 Å². The smallest absolute Gasteiger partial charge is 0.308 e. The summed E-state index contributed by atoms with van der Waals surface area (Å²) in [6, 6.07) is 9.12. The number of thioether (sulfide) groups is 1. The molecule has 0 spiro atoms. The van der Waals surface area contributed by atoms with Crippen LogP contribution in [-0.2, 0) is 16.1 Å². The lowest BCUT2D eigenvalue weighted by Gasteiger charge is -2.40. The maximum atomic E-state index is 13.3. The number of carbonyl (C=O) groups excluding carboxylic acids is 1. The zero-order valence-corrected chi connectivity index (χ0v) is 22.3. The molecule has 0 radical (unpaired) electrons. The van der Waals surface area contributed by atoms with Crippen molar-refractivity contribution in [3.05, 3.63) is 44.4 Å². The van der Waals surface area contributed by atoms with Crippen molar-refractivity contribution in [2.45, 2.75) is 55.8 Å². The van der Waals surface area contributed by atoms with Crippen LogP contribution in [0.3, 0.4) is 0 Å². The van der Waals surface area contributed by atoms with Gasteiger partial charge in [0, 0.05) is 47.9 Å². The maximum absolute atomic E-state index is 13.3. The second-order valence-electron chi connectivity index (χ2n) is 10.4. The van der Waals surface area contributed by atoms with Gasteiger partial charge in [0.05, 0.1) is 18.2 Å². The van der Waals surface area contributed by atoms with Gasteiger partial charge in [0.1, 0.15) is 6.54 Å². The quantitative estimate of drug-likeness (QED) is 0.578. The highest BCUT2D eigenvalue weighted by Gasteiger charge is 2.55. The van der Waals surface area contributed by atoms with Crippen molar-refractivity contribution in [1.82, 2.24) is 9.47 Å². The van der Waals surface area contributed by atoms with Gasteiger partial charge in [-0.1, -0.05) is 23.5 Å². The molecule has 2 saturated carbocycles. The predicted molar refractivity (Wildman–Crippen MR) is 142 cm³/mol. The molecule has 3 fully saturated rings. The molecule has 8 heteroatoms. The molecule has 2 aromatic rings. The molecule has 1 saturated heterocycles. The van der Waals surface area contributed by atoms with Crippen LogP contribution in [0.1, 0.15) is 49.5 Å². The van der Waals surface area contributed by atoms with Gasteiger partial charge in [-0.15, -0.1) is 11.8 Å². The first-order valence-corrected chi connectivity index (χ1v) is 14.9. The Bertz CT molecular complexity index is 1130. The number of morpholine rings is 1. The second-order valence-corrected chi connectivity index (χ2v) is 12.5. The van der Waals surface area contributed by atoms with E-state index in [-0.39, 0.29) is 23.2 Å². The molecule has 1 aromatic carbocycles. The van der Waals surface area contributed by atoms with E-state index >= 15 is 0 Å². The summed E-state index contributed by atoms with van der Waals surface area (Å²) in [5, 5.41) is 1.61. The Hall–Kier alpha value is -1.77. The fourth-order valence-electron chi connectivity index (χ4n) is 6.99. The predicted octanol–water partition coefficient (Wildman–Crippen LogP) is 4.27. The highest BCUT2D eigenvalue weighted by Crippen LogP contribution is 2.64. The van der Waals surface area contributed by atoms with Gasteiger partial charge in [0.15, 0.2) is 0 Å². The van der Waals surface area contributed by atoms with Crippen LogP contribution < -0.4 is 9.77 Å². The number of ether oxygens (including phenoxy) is 1. The molecule has 0 N–H and O–H groups in total. The van der Waals surface area contributed by atoms with E-state index in [9.17, 15) is 9.59 Å². The van der Waals surface area contributed by atoms with Crippen LogP contribution in [0, 0.1) is 17.8 Å². The molecule has 2 aliphatic carbocycles. The molecule has 188 valence electrons. The number of aromatic nitrogens is 1. The number of nitrogens with zero attached hydrogens (tertiary/aromatic N) is 3. The van der Waals surface area contributed by atoms with Crippen LogP contribution in [0.2, 0.25) is 0 Å². The number of benzene rings is 1. The van der Waals surface area contributed by atoms with Gasteiger partial charge >= 0.3 is 4.87 Å². The SMILES string of the molecule is CCN(CC)c1ccc([C@H]2c3sc(=O)n(CC(=O)N4CCOCC4)c3SC3C4CCC(C4)C32)cc1. The first-order valence-electron chi connectivity index (χ1n) is 13.2. The van der Waals surface area contributed by atoms with Crippen molar-refractivity contribution in [2.75, 3.05) is 44.3 Å². The van der Waals surface area contributed by atoms with Gasteiger partial charge < -0.3 is 14.5 Å². The Balaban J connectivity index is 1.37. The summed E-state index contributed by atoms with van der Waals surface area (Å²) in [6.07, 6.45) is 3.95. The molecule has 4 unspecified atom stereocenters. The molecule has 4 aliphatic rings. The van der Waals surface area contributed by atoms with Crippen LogP contribution in [-0.4, -0.2) is 60.0 Å². The Kier molecular flexibility index (Phi) is 6.48. The summed E-state index contributed by atoms with van der Waals surface area (Å²) < 4.78 is 7.20.